The van der Waals surface area contributed by atoms with Crippen LogP contribution in [-0.4, -0.2) is 82.6 Å². The van der Waals surface area contributed by atoms with Gasteiger partial charge in [-0.15, -0.1) is 0 Å². The van der Waals surface area contributed by atoms with Gasteiger partial charge in [0.1, 0.15) is 22.8 Å². The van der Waals surface area contributed by atoms with Crippen molar-refractivity contribution in [2.45, 2.75) is 31.0 Å². The highest BCUT2D eigenvalue weighted by molar-refractivity contribution is 6.24. The zero-order valence-corrected chi connectivity index (χ0v) is 20.0. The van der Waals surface area contributed by atoms with Gasteiger partial charge in [0.15, 0.2) is 11.4 Å². The fourth-order valence-electron chi connectivity index (χ4n) is 5.91. The molecule has 8 N–H and O–H groups in total. The summed E-state index contributed by atoms with van der Waals surface area (Å²) < 4.78 is 0. The molecule has 1 aromatic rings. The van der Waals surface area contributed by atoms with E-state index in [9.17, 15) is 34.8 Å². The van der Waals surface area contributed by atoms with Crippen LogP contribution in [0.4, 0.5) is 5.69 Å². The molecule has 0 heterocycles. The van der Waals surface area contributed by atoms with E-state index in [4.69, 9.17) is 11.5 Å². The van der Waals surface area contributed by atoms with Gasteiger partial charge in [-0.1, -0.05) is 0 Å². The lowest BCUT2D eigenvalue weighted by Crippen LogP contribution is -2.63. The number of allylic oxidation sites excluding steroid dienone is 1. The average molecular weight is 487 g/mol. The first-order valence-electron chi connectivity index (χ1n) is 11.2. The Morgan fingerprint density at radius 1 is 1.17 bits per heavy atom. The number of Topliss-reactive ketones (excluding diaryl/α,β-unsaturated/α-hetero) is 2. The number of aromatic hydroxyl groups is 1. The number of carbonyl (C=O) groups excluding carboxylic acids is 3. The van der Waals surface area contributed by atoms with Gasteiger partial charge in [-0.2, -0.15) is 0 Å². The minimum absolute atomic E-state index is 0.0389. The number of nitrogens with zero attached hydrogens (tertiary/aromatic N) is 2. The number of aliphatic hydroxyl groups is 3. The molecule has 11 heteroatoms. The highest BCUT2D eigenvalue weighted by Crippen LogP contribution is 2.53. The molecule has 1 aromatic carbocycles. The molecule has 35 heavy (non-hydrogen) atoms. The average Bonchev–Trinajstić information content (AvgIpc) is 2.75. The molecule has 0 bridgehead atoms. The number of likely N-dealkylation sites (N-methyl/N-ethyl adjacent to an activating group) is 1. The summed E-state index contributed by atoms with van der Waals surface area (Å²) in [6.07, 6.45) is 0.262. The van der Waals surface area contributed by atoms with Gasteiger partial charge in [0, 0.05) is 43.4 Å². The quantitative estimate of drug-likeness (QED) is 0.307. The van der Waals surface area contributed by atoms with Gasteiger partial charge < -0.3 is 36.8 Å². The third kappa shape index (κ3) is 3.19. The van der Waals surface area contributed by atoms with Crippen LogP contribution in [0.25, 0.3) is 0 Å². The molecule has 0 radical (unpaired) electrons. The third-order valence-corrected chi connectivity index (χ3v) is 7.48. The van der Waals surface area contributed by atoms with Crippen LogP contribution in [0.3, 0.4) is 0 Å². The number of fused-ring (bicyclic) bond motifs is 3. The second-order valence-electron chi connectivity index (χ2n) is 9.82. The van der Waals surface area contributed by atoms with Crippen LogP contribution in [0.5, 0.6) is 5.75 Å². The van der Waals surface area contributed by atoms with E-state index in [1.165, 1.54) is 4.90 Å². The van der Waals surface area contributed by atoms with Crippen LogP contribution >= 0.6 is 0 Å². The van der Waals surface area contributed by atoms with Crippen molar-refractivity contribution in [1.29, 1.82) is 0 Å². The van der Waals surface area contributed by atoms with Crippen LogP contribution in [-0.2, 0) is 22.6 Å². The maximum Gasteiger partial charge on any atom is 0.255 e. The first kappa shape index (κ1) is 24.7. The zero-order chi connectivity index (χ0) is 26.1. The van der Waals surface area contributed by atoms with Crippen molar-refractivity contribution < 1.29 is 34.8 Å². The summed E-state index contributed by atoms with van der Waals surface area (Å²) in [4.78, 5) is 42.3. The first-order valence-corrected chi connectivity index (χ1v) is 11.2. The Hall–Kier alpha value is -3.41. The second-order valence-corrected chi connectivity index (χ2v) is 9.82. The molecule has 0 saturated heterocycles. The minimum atomic E-state index is -2.66. The zero-order valence-electron chi connectivity index (χ0n) is 20.0. The lowest BCUT2D eigenvalue weighted by atomic mass is 9.58. The van der Waals surface area contributed by atoms with E-state index in [1.54, 1.807) is 39.2 Å². The molecular formula is C24H30N4O7. The van der Waals surface area contributed by atoms with Crippen molar-refractivity contribution in [1.82, 2.24) is 4.90 Å². The first-order chi connectivity index (χ1) is 16.3. The molecule has 1 amide bonds. The molecule has 0 aliphatic heterocycles. The van der Waals surface area contributed by atoms with E-state index in [1.807, 2.05) is 0 Å². The van der Waals surface area contributed by atoms with E-state index in [0.717, 1.165) is 0 Å². The van der Waals surface area contributed by atoms with Crippen molar-refractivity contribution in [3.05, 3.63) is 45.4 Å². The monoisotopic (exact) mass is 486 g/mol. The predicted molar refractivity (Wildman–Crippen MR) is 126 cm³/mol. The van der Waals surface area contributed by atoms with Crippen molar-refractivity contribution >= 4 is 23.2 Å². The molecule has 188 valence electrons. The Morgan fingerprint density at radius 3 is 2.31 bits per heavy atom. The van der Waals surface area contributed by atoms with Crippen molar-refractivity contribution in [2.24, 2.45) is 23.3 Å². The molecule has 11 nitrogen and oxygen atoms in total. The number of phenolic OH excluding ortho intramolecular Hbond substituents is 1. The number of rotatable bonds is 4. The molecule has 0 fully saturated rings. The summed E-state index contributed by atoms with van der Waals surface area (Å²) in [5, 5.41) is 44.5. The van der Waals surface area contributed by atoms with Crippen molar-refractivity contribution in [3.63, 3.8) is 0 Å². The number of phenols is 1. The Bertz CT molecular complexity index is 1230. The normalized spacial score (nSPS) is 28.1. The number of carbonyl (C=O) groups is 3. The highest BCUT2D eigenvalue weighted by atomic mass is 16.3. The lowest BCUT2D eigenvalue weighted by molar-refractivity contribution is -0.148. The Kier molecular flexibility index (Phi) is 5.70. The second kappa shape index (κ2) is 8.08. The molecular weight excluding hydrogens is 456 g/mol. The number of primary amides is 1. The maximum absolute atomic E-state index is 13.7. The van der Waals surface area contributed by atoms with Gasteiger partial charge in [-0.05, 0) is 44.5 Å². The SMILES string of the molecule is CN(C)c1cc(CN)c(O)c2c1C[C@H]1C[C@H]3[C@H](N(C)C)C(O)=C(C(N)=O)C(=O)[C@@]3(O)C(O)=C1C2=O. The number of aliphatic hydroxyl groups excluding tert-OH is 2. The molecule has 3 aliphatic rings. The summed E-state index contributed by atoms with van der Waals surface area (Å²) in [7, 11) is 6.75. The smallest absolute Gasteiger partial charge is 0.255 e. The van der Waals surface area contributed by atoms with Gasteiger partial charge in [0.2, 0.25) is 5.78 Å². The van der Waals surface area contributed by atoms with E-state index < -0.39 is 58.0 Å². The summed E-state index contributed by atoms with van der Waals surface area (Å²) in [5.74, 6) is -6.74. The Balaban J connectivity index is 2.00. The molecule has 0 unspecified atom stereocenters. The number of amides is 1. The standard InChI is InChI=1S/C24H30N4O7/c1-27(2)13-7-10(8-25)18(29)15-11(13)5-9-6-12-17(28(3)4)20(31)16(23(26)34)22(33)24(12,35)21(32)14(9)19(15)30/h7,9,12,17,29,31-32,35H,5-6,8,25H2,1-4H3,(H2,26,34)/t9-,12-,17-,24-/m0/s1. The summed E-state index contributed by atoms with van der Waals surface area (Å²) in [5.41, 5.74) is 8.94. The van der Waals surface area contributed by atoms with Crippen LogP contribution in [0, 0.1) is 11.8 Å². The molecule has 3 aliphatic carbocycles. The van der Waals surface area contributed by atoms with Crippen LogP contribution < -0.4 is 16.4 Å². The maximum atomic E-state index is 13.7. The van der Waals surface area contributed by atoms with E-state index >= 15 is 0 Å². The molecule has 4 atom stereocenters. The lowest BCUT2D eigenvalue weighted by Gasteiger charge is -2.50. The number of hydrogen-bond donors (Lipinski definition) is 6. The summed E-state index contributed by atoms with van der Waals surface area (Å²) >= 11 is 0. The van der Waals surface area contributed by atoms with Gasteiger partial charge >= 0.3 is 0 Å². The van der Waals surface area contributed by atoms with Crippen molar-refractivity contribution in [3.8, 4) is 5.75 Å². The van der Waals surface area contributed by atoms with E-state index in [2.05, 4.69) is 0 Å². The summed E-state index contributed by atoms with van der Waals surface area (Å²) in [6.45, 7) is -0.0389. The van der Waals surface area contributed by atoms with Gasteiger partial charge in [0.05, 0.1) is 11.6 Å². The topological polar surface area (TPSA) is 191 Å². The molecule has 4 rings (SSSR count). The molecule has 0 spiro atoms. The predicted octanol–water partition coefficient (Wildman–Crippen LogP) is -0.355. The Morgan fingerprint density at radius 2 is 1.80 bits per heavy atom. The van der Waals surface area contributed by atoms with Gasteiger partial charge in [-0.25, -0.2) is 0 Å². The fraction of sp³-hybridized carbons (Fsp3) is 0.458. The highest BCUT2D eigenvalue weighted by Gasteiger charge is 2.63. The minimum Gasteiger partial charge on any atom is -0.510 e. The molecule has 0 saturated carbocycles. The number of nitrogens with two attached hydrogens (primary N) is 2. The number of benzene rings is 1. The van der Waals surface area contributed by atoms with Gasteiger partial charge in [0.25, 0.3) is 5.91 Å². The van der Waals surface area contributed by atoms with E-state index in [-0.39, 0.29) is 36.3 Å². The van der Waals surface area contributed by atoms with Crippen LogP contribution in [0.2, 0.25) is 0 Å². The van der Waals surface area contributed by atoms with Crippen LogP contribution in [0.1, 0.15) is 27.9 Å². The Labute approximate surface area is 201 Å². The third-order valence-electron chi connectivity index (χ3n) is 7.48. The van der Waals surface area contributed by atoms with Gasteiger partial charge in [-0.3, -0.25) is 19.3 Å². The fourth-order valence-corrected chi connectivity index (χ4v) is 5.91. The summed E-state index contributed by atoms with van der Waals surface area (Å²) in [6, 6.07) is 0.678. The van der Waals surface area contributed by atoms with E-state index in [0.29, 0.717) is 16.8 Å². The number of ketones is 2. The molecule has 0 aromatic heterocycles. The number of anilines is 1. The number of hydrogen-bond acceptors (Lipinski definition) is 10. The van der Waals surface area contributed by atoms with Crippen LogP contribution in [0.15, 0.2) is 28.7 Å². The van der Waals surface area contributed by atoms with Crippen molar-refractivity contribution in [2.75, 3.05) is 33.1 Å². The largest absolute Gasteiger partial charge is 0.510 e.